The minimum Gasteiger partial charge on any atom is -0.493 e. The monoisotopic (exact) mass is 346 g/mol. The molecule has 7 heteroatoms. The van der Waals surface area contributed by atoms with Crippen molar-refractivity contribution in [3.8, 4) is 23.0 Å². The van der Waals surface area contributed by atoms with Crippen molar-refractivity contribution in [2.24, 2.45) is 10.9 Å². The van der Waals surface area contributed by atoms with Crippen molar-refractivity contribution in [3.63, 3.8) is 0 Å². The molecule has 0 saturated heterocycles. The molecule has 2 aromatic carbocycles. The van der Waals surface area contributed by atoms with Crippen LogP contribution in [0.1, 0.15) is 17.0 Å². The van der Waals surface area contributed by atoms with E-state index in [4.69, 9.17) is 24.7 Å². The Kier molecular flexibility index (Phi) is 5.94. The van der Waals surface area contributed by atoms with Gasteiger partial charge < -0.3 is 29.9 Å². The summed E-state index contributed by atoms with van der Waals surface area (Å²) >= 11 is 0. The van der Waals surface area contributed by atoms with Crippen LogP contribution in [-0.2, 0) is 0 Å². The van der Waals surface area contributed by atoms with E-state index in [0.717, 1.165) is 11.1 Å². The molecule has 0 aliphatic rings. The van der Waals surface area contributed by atoms with Crippen LogP contribution in [0.4, 0.5) is 0 Å². The fraction of sp³-hybridized carbons (Fsp3) is 0.278. The lowest BCUT2D eigenvalue weighted by Crippen LogP contribution is -2.23. The second-order valence-electron chi connectivity index (χ2n) is 5.19. The number of nitrogens with zero attached hydrogens (tertiary/aromatic N) is 1. The number of rotatable bonds is 7. The Bertz CT molecular complexity index is 706. The molecule has 0 heterocycles. The number of nitrogens with two attached hydrogens (primary N) is 1. The standard InChI is InChI=1S/C18H22N2O5/c1-22-13-7-5-11(9-15(13)24-3)17(18(19)20-21)12-6-8-14(23-2)16(10-12)25-4/h5-10,17,21H,1-4H3,(H2,19,20). The molecule has 0 bridgehead atoms. The first-order valence-corrected chi connectivity index (χ1v) is 7.50. The van der Waals surface area contributed by atoms with Crippen LogP contribution in [0, 0.1) is 0 Å². The van der Waals surface area contributed by atoms with Gasteiger partial charge in [0.2, 0.25) is 0 Å². The number of benzene rings is 2. The molecule has 0 radical (unpaired) electrons. The molecule has 7 nitrogen and oxygen atoms in total. The van der Waals surface area contributed by atoms with Crippen molar-refractivity contribution < 1.29 is 24.2 Å². The quantitative estimate of drug-likeness (QED) is 0.346. The molecule has 2 rings (SSSR count). The van der Waals surface area contributed by atoms with Crippen molar-refractivity contribution >= 4 is 5.84 Å². The minimum absolute atomic E-state index is 0.0411. The van der Waals surface area contributed by atoms with Crippen LogP contribution < -0.4 is 24.7 Å². The number of methoxy groups -OCH3 is 4. The predicted octanol–water partition coefficient (Wildman–Crippen LogP) is 2.60. The summed E-state index contributed by atoms with van der Waals surface area (Å²) in [5.74, 6) is 1.84. The number of hydrogen-bond donors (Lipinski definition) is 2. The van der Waals surface area contributed by atoms with Crippen LogP contribution in [0.5, 0.6) is 23.0 Å². The van der Waals surface area contributed by atoms with Gasteiger partial charge in [0.25, 0.3) is 0 Å². The molecule has 0 aromatic heterocycles. The van der Waals surface area contributed by atoms with Crippen molar-refractivity contribution in [1.82, 2.24) is 0 Å². The molecule has 0 aliphatic heterocycles. The third kappa shape index (κ3) is 3.71. The molecule has 3 N–H and O–H groups in total. The van der Waals surface area contributed by atoms with Crippen molar-refractivity contribution in [2.75, 3.05) is 28.4 Å². The normalized spacial score (nSPS) is 11.3. The number of oxime groups is 1. The minimum atomic E-state index is -0.496. The average molecular weight is 346 g/mol. The lowest BCUT2D eigenvalue weighted by atomic mass is 9.89. The zero-order valence-corrected chi connectivity index (χ0v) is 14.6. The zero-order valence-electron chi connectivity index (χ0n) is 14.6. The summed E-state index contributed by atoms with van der Waals surface area (Å²) < 4.78 is 21.2. The van der Waals surface area contributed by atoms with E-state index in [2.05, 4.69) is 5.16 Å². The summed E-state index contributed by atoms with van der Waals surface area (Å²) in [7, 11) is 6.23. The maximum absolute atomic E-state index is 9.23. The third-order valence-electron chi connectivity index (χ3n) is 3.89. The predicted molar refractivity (Wildman–Crippen MR) is 94.3 cm³/mol. The summed E-state index contributed by atoms with van der Waals surface area (Å²) in [6.45, 7) is 0. The Morgan fingerprint density at radius 3 is 1.52 bits per heavy atom. The van der Waals surface area contributed by atoms with Crippen LogP contribution in [0.2, 0.25) is 0 Å². The van der Waals surface area contributed by atoms with E-state index in [-0.39, 0.29) is 5.84 Å². The van der Waals surface area contributed by atoms with Crippen LogP contribution >= 0.6 is 0 Å². The van der Waals surface area contributed by atoms with Crippen molar-refractivity contribution in [1.29, 1.82) is 0 Å². The molecular weight excluding hydrogens is 324 g/mol. The number of hydrogen-bond acceptors (Lipinski definition) is 6. The second-order valence-corrected chi connectivity index (χ2v) is 5.19. The van der Waals surface area contributed by atoms with Crippen LogP contribution in [0.25, 0.3) is 0 Å². The van der Waals surface area contributed by atoms with Gasteiger partial charge in [-0.15, -0.1) is 0 Å². The SMILES string of the molecule is COc1ccc(C(C(N)=NO)c2ccc(OC)c(OC)c2)cc1OC. The number of amidine groups is 1. The molecular formula is C18H22N2O5. The highest BCUT2D eigenvalue weighted by Gasteiger charge is 2.22. The van der Waals surface area contributed by atoms with E-state index in [1.165, 1.54) is 0 Å². The molecule has 0 aliphatic carbocycles. The van der Waals surface area contributed by atoms with Crippen LogP contribution in [0.15, 0.2) is 41.6 Å². The number of ether oxygens (including phenoxy) is 4. The summed E-state index contributed by atoms with van der Waals surface area (Å²) in [5.41, 5.74) is 7.52. The lowest BCUT2D eigenvalue weighted by molar-refractivity contribution is 0.316. The van der Waals surface area contributed by atoms with Gasteiger partial charge in [-0.05, 0) is 35.4 Å². The highest BCUT2D eigenvalue weighted by molar-refractivity contribution is 5.90. The molecule has 2 aromatic rings. The van der Waals surface area contributed by atoms with Gasteiger partial charge in [-0.3, -0.25) is 0 Å². The molecule has 134 valence electrons. The summed E-state index contributed by atoms with van der Waals surface area (Å²) in [4.78, 5) is 0. The fourth-order valence-electron chi connectivity index (χ4n) is 2.66. The van der Waals surface area contributed by atoms with Gasteiger partial charge in [0, 0.05) is 0 Å². The van der Waals surface area contributed by atoms with Gasteiger partial charge in [0.05, 0.1) is 34.4 Å². The molecule has 0 fully saturated rings. The second kappa shape index (κ2) is 8.14. The first-order valence-electron chi connectivity index (χ1n) is 7.50. The van der Waals surface area contributed by atoms with E-state index in [0.29, 0.717) is 23.0 Å². The summed E-state index contributed by atoms with van der Waals surface area (Å²) in [6, 6.07) is 10.8. The zero-order chi connectivity index (χ0) is 18.4. The van der Waals surface area contributed by atoms with E-state index < -0.39 is 5.92 Å². The van der Waals surface area contributed by atoms with E-state index in [9.17, 15) is 5.21 Å². The lowest BCUT2D eigenvalue weighted by Gasteiger charge is -2.19. The van der Waals surface area contributed by atoms with Crippen molar-refractivity contribution in [3.05, 3.63) is 47.5 Å². The Labute approximate surface area is 146 Å². The fourth-order valence-corrected chi connectivity index (χ4v) is 2.66. The maximum Gasteiger partial charge on any atom is 0.161 e. The van der Waals surface area contributed by atoms with E-state index in [1.54, 1.807) is 52.7 Å². The molecule has 0 amide bonds. The maximum atomic E-state index is 9.23. The highest BCUT2D eigenvalue weighted by atomic mass is 16.5. The summed E-state index contributed by atoms with van der Waals surface area (Å²) in [6.07, 6.45) is 0. The topological polar surface area (TPSA) is 95.5 Å². The Morgan fingerprint density at radius 2 is 1.20 bits per heavy atom. The van der Waals surface area contributed by atoms with Crippen molar-refractivity contribution in [2.45, 2.75) is 5.92 Å². The molecule has 0 atom stereocenters. The van der Waals surface area contributed by atoms with E-state index >= 15 is 0 Å². The smallest absolute Gasteiger partial charge is 0.161 e. The van der Waals surface area contributed by atoms with Gasteiger partial charge in [-0.25, -0.2) is 0 Å². The van der Waals surface area contributed by atoms with Gasteiger partial charge >= 0.3 is 0 Å². The summed E-state index contributed by atoms with van der Waals surface area (Å²) in [5, 5.41) is 12.4. The first-order chi connectivity index (χ1) is 12.1. The molecule has 0 spiro atoms. The van der Waals surface area contributed by atoms with E-state index in [1.807, 2.05) is 12.1 Å². The van der Waals surface area contributed by atoms with Gasteiger partial charge in [-0.2, -0.15) is 0 Å². The Hall–Kier alpha value is -3.09. The van der Waals surface area contributed by atoms with Gasteiger partial charge in [0.1, 0.15) is 0 Å². The Balaban J connectivity index is 2.58. The molecule has 0 unspecified atom stereocenters. The largest absolute Gasteiger partial charge is 0.493 e. The van der Waals surface area contributed by atoms with Gasteiger partial charge in [-0.1, -0.05) is 17.3 Å². The third-order valence-corrected chi connectivity index (χ3v) is 3.89. The first kappa shape index (κ1) is 18.3. The van der Waals surface area contributed by atoms with Crippen LogP contribution in [0.3, 0.4) is 0 Å². The van der Waals surface area contributed by atoms with Gasteiger partial charge in [0.15, 0.2) is 28.8 Å². The highest BCUT2D eigenvalue weighted by Crippen LogP contribution is 2.36. The van der Waals surface area contributed by atoms with Crippen LogP contribution in [-0.4, -0.2) is 39.5 Å². The average Bonchev–Trinajstić information content (AvgIpc) is 2.67. The Morgan fingerprint density at radius 1 is 0.800 bits per heavy atom. The molecule has 0 saturated carbocycles. The molecule has 25 heavy (non-hydrogen) atoms.